The van der Waals surface area contributed by atoms with Gasteiger partial charge in [0.25, 0.3) is 0 Å². The summed E-state index contributed by atoms with van der Waals surface area (Å²) in [6.07, 6.45) is 3.52. The molecule has 0 radical (unpaired) electrons. The van der Waals surface area contributed by atoms with Crippen molar-refractivity contribution >= 4 is 17.8 Å². The molecule has 0 atom stereocenters. The van der Waals surface area contributed by atoms with Gasteiger partial charge >= 0.3 is 11.6 Å². The molecule has 11 nitrogen and oxygen atoms in total. The van der Waals surface area contributed by atoms with Gasteiger partial charge < -0.3 is 4.42 Å². The first-order chi connectivity index (χ1) is 12.8. The van der Waals surface area contributed by atoms with Crippen molar-refractivity contribution in [2.75, 3.05) is 0 Å². The summed E-state index contributed by atoms with van der Waals surface area (Å²) >= 11 is 0. The maximum absolute atomic E-state index is 13.8. The molecule has 0 fully saturated rings. The zero-order valence-corrected chi connectivity index (χ0v) is 14.3. The zero-order chi connectivity index (χ0) is 19.6. The minimum absolute atomic E-state index is 0.0211. The normalized spacial score (nSPS) is 11.2. The van der Waals surface area contributed by atoms with Crippen molar-refractivity contribution in [1.29, 1.82) is 0 Å². The number of carbonyl (C=O) groups excluding carboxylic acids is 1. The van der Waals surface area contributed by atoms with Crippen LogP contribution in [-0.4, -0.2) is 36.6 Å². The fraction of sp³-hybridized carbons (Fsp3) is 0.200. The predicted octanol–water partition coefficient (Wildman–Crippen LogP) is 1.38. The highest BCUT2D eigenvalue weighted by atomic mass is 19.1. The second-order valence-electron chi connectivity index (χ2n) is 5.53. The molecule has 12 heteroatoms. The Morgan fingerprint density at radius 3 is 2.93 bits per heavy atom. The first-order valence-corrected chi connectivity index (χ1v) is 7.63. The summed E-state index contributed by atoms with van der Waals surface area (Å²) in [5.41, 5.74) is 2.68. The van der Waals surface area contributed by atoms with Gasteiger partial charge in [0.05, 0.1) is 28.9 Å². The molecule has 0 aromatic carbocycles. The van der Waals surface area contributed by atoms with Crippen molar-refractivity contribution in [1.82, 2.24) is 25.0 Å². The number of hydrogen-bond acceptors (Lipinski definition) is 7. The van der Waals surface area contributed by atoms with Crippen LogP contribution in [0.2, 0.25) is 0 Å². The molecule has 0 saturated heterocycles. The van der Waals surface area contributed by atoms with E-state index in [4.69, 9.17) is 4.42 Å². The average Bonchev–Trinajstić information content (AvgIpc) is 3.32. The molecule has 0 bridgehead atoms. The molecule has 0 aliphatic carbocycles. The van der Waals surface area contributed by atoms with Gasteiger partial charge in [-0.3, -0.25) is 19.6 Å². The van der Waals surface area contributed by atoms with Crippen LogP contribution in [0, 0.1) is 23.0 Å². The lowest BCUT2D eigenvalue weighted by atomic mass is 10.3. The van der Waals surface area contributed by atoms with Crippen molar-refractivity contribution < 1.29 is 18.5 Å². The summed E-state index contributed by atoms with van der Waals surface area (Å²) in [6, 6.07) is 2.96. The summed E-state index contributed by atoms with van der Waals surface area (Å²) in [7, 11) is 1.46. The van der Waals surface area contributed by atoms with Gasteiger partial charge in [0, 0.05) is 7.05 Å². The molecular formula is C15H14FN7O4. The van der Waals surface area contributed by atoms with E-state index in [0.29, 0.717) is 11.5 Å². The number of nitrogens with one attached hydrogen (secondary N) is 1. The van der Waals surface area contributed by atoms with E-state index in [2.05, 4.69) is 20.7 Å². The molecule has 27 heavy (non-hydrogen) atoms. The topological polar surface area (TPSA) is 133 Å². The second-order valence-corrected chi connectivity index (χ2v) is 5.53. The highest BCUT2D eigenvalue weighted by Crippen LogP contribution is 2.13. The molecule has 0 aliphatic heterocycles. The Labute approximate surface area is 151 Å². The monoisotopic (exact) mass is 375 g/mol. The third-order valence-corrected chi connectivity index (χ3v) is 3.59. The lowest BCUT2D eigenvalue weighted by Gasteiger charge is -1.98. The molecule has 0 saturated carbocycles. The van der Waals surface area contributed by atoms with Crippen LogP contribution in [0.5, 0.6) is 0 Å². The lowest BCUT2D eigenvalue weighted by Crippen LogP contribution is -2.17. The molecule has 3 heterocycles. The number of aryl methyl sites for hydroxylation is 2. The Balaban J connectivity index is 1.62. The van der Waals surface area contributed by atoms with E-state index in [1.807, 2.05) is 0 Å². The van der Waals surface area contributed by atoms with Crippen molar-refractivity contribution in [2.45, 2.75) is 13.5 Å². The minimum Gasteiger partial charge on any atom is -0.454 e. The van der Waals surface area contributed by atoms with Gasteiger partial charge in [-0.2, -0.15) is 19.7 Å². The predicted molar refractivity (Wildman–Crippen MR) is 89.7 cm³/mol. The summed E-state index contributed by atoms with van der Waals surface area (Å²) in [4.78, 5) is 22.1. The fourth-order valence-electron chi connectivity index (χ4n) is 2.28. The third kappa shape index (κ3) is 3.89. The maximum Gasteiger partial charge on any atom is 0.307 e. The Morgan fingerprint density at radius 2 is 2.30 bits per heavy atom. The summed E-state index contributed by atoms with van der Waals surface area (Å²) in [5.74, 6) is -0.853. The molecule has 0 unspecified atom stereocenters. The number of rotatable bonds is 6. The number of halogens is 1. The number of hydrazone groups is 1. The molecule has 3 aromatic rings. The second kappa shape index (κ2) is 7.19. The van der Waals surface area contributed by atoms with Gasteiger partial charge in [-0.05, 0) is 19.1 Å². The lowest BCUT2D eigenvalue weighted by molar-refractivity contribution is -0.385. The molecule has 0 spiro atoms. The summed E-state index contributed by atoms with van der Waals surface area (Å²) in [5, 5.41) is 22.1. The first kappa shape index (κ1) is 18.0. The smallest absolute Gasteiger partial charge is 0.307 e. The van der Waals surface area contributed by atoms with Crippen molar-refractivity contribution in [3.8, 4) is 0 Å². The zero-order valence-electron chi connectivity index (χ0n) is 14.3. The van der Waals surface area contributed by atoms with E-state index < -0.39 is 16.8 Å². The molecule has 3 aromatic heterocycles. The molecule has 3 rings (SSSR count). The van der Waals surface area contributed by atoms with Crippen LogP contribution in [0.25, 0.3) is 0 Å². The molecule has 140 valence electrons. The van der Waals surface area contributed by atoms with E-state index in [1.165, 1.54) is 30.1 Å². The van der Waals surface area contributed by atoms with Gasteiger partial charge in [0.15, 0.2) is 5.76 Å². The fourth-order valence-corrected chi connectivity index (χ4v) is 2.28. The average molecular weight is 375 g/mol. The number of aromatic nitrogens is 4. The molecule has 1 amide bonds. The first-order valence-electron chi connectivity index (χ1n) is 7.63. The van der Waals surface area contributed by atoms with Crippen molar-refractivity contribution in [3.05, 3.63) is 63.4 Å². The van der Waals surface area contributed by atoms with Gasteiger partial charge in [0.2, 0.25) is 5.95 Å². The number of amides is 1. The van der Waals surface area contributed by atoms with E-state index in [-0.39, 0.29) is 23.6 Å². The number of nitrogens with zero attached hydrogens (tertiary/aromatic N) is 6. The van der Waals surface area contributed by atoms with Gasteiger partial charge in [-0.15, -0.1) is 0 Å². The van der Waals surface area contributed by atoms with Crippen LogP contribution in [0.15, 0.2) is 34.0 Å². The quantitative estimate of drug-likeness (QED) is 0.393. The number of carbonyl (C=O) groups is 1. The SMILES string of the molecule is Cc1nn(C)c(F)c1/C=N\NC(=O)c1ccc(Cn2cc([N+](=O)[O-])cn2)o1. The Bertz CT molecular complexity index is 1030. The van der Waals surface area contributed by atoms with Crippen LogP contribution in [-0.2, 0) is 13.6 Å². The highest BCUT2D eigenvalue weighted by Gasteiger charge is 2.14. The van der Waals surface area contributed by atoms with Crippen molar-refractivity contribution in [2.24, 2.45) is 12.1 Å². The number of hydrogen-bond donors (Lipinski definition) is 1. The van der Waals surface area contributed by atoms with Crippen LogP contribution in [0.1, 0.15) is 27.6 Å². The standard InChI is InChI=1S/C15H14FN7O4/c1-9-12(14(16)21(2)20-9)6-17-19-15(24)13-4-3-11(27-13)8-22-7-10(5-18-22)23(25)26/h3-7H,8H2,1-2H3,(H,19,24)/b17-6-. The number of furan rings is 1. The third-order valence-electron chi connectivity index (χ3n) is 3.59. The Hall–Kier alpha value is -3.83. The summed E-state index contributed by atoms with van der Waals surface area (Å²) in [6.45, 7) is 1.73. The molecular weight excluding hydrogens is 361 g/mol. The van der Waals surface area contributed by atoms with Crippen LogP contribution in [0.3, 0.4) is 0 Å². The Morgan fingerprint density at radius 1 is 1.52 bits per heavy atom. The van der Waals surface area contributed by atoms with Gasteiger partial charge in [0.1, 0.15) is 18.2 Å². The number of nitro groups is 1. The van der Waals surface area contributed by atoms with E-state index >= 15 is 0 Å². The van der Waals surface area contributed by atoms with Crippen LogP contribution < -0.4 is 5.43 Å². The Kier molecular flexibility index (Phi) is 4.79. The molecule has 1 N–H and O–H groups in total. The summed E-state index contributed by atoms with van der Waals surface area (Å²) < 4.78 is 21.5. The van der Waals surface area contributed by atoms with Crippen LogP contribution in [0.4, 0.5) is 10.1 Å². The van der Waals surface area contributed by atoms with Gasteiger partial charge in [-0.1, -0.05) is 0 Å². The largest absolute Gasteiger partial charge is 0.454 e. The maximum atomic E-state index is 13.8. The van der Waals surface area contributed by atoms with E-state index in [0.717, 1.165) is 17.1 Å². The van der Waals surface area contributed by atoms with E-state index in [9.17, 15) is 19.3 Å². The molecule has 0 aliphatic rings. The van der Waals surface area contributed by atoms with Gasteiger partial charge in [-0.25, -0.2) is 10.1 Å². The van der Waals surface area contributed by atoms with E-state index in [1.54, 1.807) is 6.92 Å². The minimum atomic E-state index is -0.633. The van der Waals surface area contributed by atoms with Crippen molar-refractivity contribution in [3.63, 3.8) is 0 Å². The highest BCUT2D eigenvalue weighted by molar-refractivity contribution is 5.92. The van der Waals surface area contributed by atoms with Crippen LogP contribution >= 0.6 is 0 Å².